The van der Waals surface area contributed by atoms with Gasteiger partial charge in [0.2, 0.25) is 5.91 Å². The van der Waals surface area contributed by atoms with Crippen LogP contribution in [0.4, 0.5) is 10.1 Å². The third-order valence-corrected chi connectivity index (χ3v) is 7.37. The largest absolute Gasteiger partial charge is 0.311 e. The van der Waals surface area contributed by atoms with Gasteiger partial charge in [0, 0.05) is 17.5 Å². The first-order chi connectivity index (χ1) is 10.4. The average molecular weight is 343 g/mol. The topological polar surface area (TPSA) is 54.5 Å². The van der Waals surface area contributed by atoms with Gasteiger partial charge in [0.15, 0.2) is 9.84 Å². The molecule has 1 aromatic rings. The number of hydrogen-bond donors (Lipinski definition) is 0. The number of fused-ring (bicyclic) bond motifs is 1. The van der Waals surface area contributed by atoms with Crippen LogP contribution in [0.25, 0.3) is 0 Å². The minimum atomic E-state index is -2.92. The predicted molar refractivity (Wildman–Crippen MR) is 86.6 cm³/mol. The highest BCUT2D eigenvalue weighted by molar-refractivity contribution is 8.02. The molecular weight excluding hydrogens is 325 g/mol. The highest BCUT2D eigenvalue weighted by Gasteiger charge is 2.30. The number of aryl methyl sites for hydroxylation is 1. The first-order valence-corrected chi connectivity index (χ1v) is 10.2. The summed E-state index contributed by atoms with van der Waals surface area (Å²) in [5.74, 6) is 0.219. The quantitative estimate of drug-likeness (QED) is 0.843. The maximum atomic E-state index is 13.4. The van der Waals surface area contributed by atoms with E-state index >= 15 is 0 Å². The van der Waals surface area contributed by atoms with Crippen molar-refractivity contribution in [1.29, 1.82) is 0 Å². The van der Waals surface area contributed by atoms with Crippen molar-refractivity contribution in [3.05, 3.63) is 29.6 Å². The third kappa shape index (κ3) is 3.46. The lowest BCUT2D eigenvalue weighted by Crippen LogP contribution is -2.37. The number of anilines is 1. The van der Waals surface area contributed by atoms with Gasteiger partial charge in [-0.25, -0.2) is 12.8 Å². The molecule has 120 valence electrons. The number of rotatable bonds is 3. The SMILES string of the molecule is O=C(CS[C@H]1CCS(=O)(=O)C1)N1CCCc2ccc(F)cc21. The van der Waals surface area contributed by atoms with Crippen LogP contribution < -0.4 is 4.90 Å². The van der Waals surface area contributed by atoms with Crippen molar-refractivity contribution in [3.63, 3.8) is 0 Å². The standard InChI is InChI=1S/C15H18FNO3S2/c16-12-4-3-11-2-1-6-17(14(11)8-12)15(18)9-21-13-5-7-22(19,20)10-13/h3-4,8,13H,1-2,5-7,9-10H2/t13-/m0/s1. The molecule has 0 aliphatic carbocycles. The summed E-state index contributed by atoms with van der Waals surface area (Å²) >= 11 is 1.40. The average Bonchev–Trinajstić information content (AvgIpc) is 2.83. The third-order valence-electron chi connectivity index (χ3n) is 4.10. The molecule has 2 aliphatic heterocycles. The van der Waals surface area contributed by atoms with Crippen LogP contribution in [-0.2, 0) is 21.1 Å². The van der Waals surface area contributed by atoms with Crippen LogP contribution >= 0.6 is 11.8 Å². The summed E-state index contributed by atoms with van der Waals surface area (Å²) in [6, 6.07) is 4.57. The van der Waals surface area contributed by atoms with Gasteiger partial charge in [-0.05, 0) is 37.0 Å². The van der Waals surface area contributed by atoms with E-state index < -0.39 is 9.84 Å². The van der Waals surface area contributed by atoms with Crippen LogP contribution in [0.1, 0.15) is 18.4 Å². The smallest absolute Gasteiger partial charge is 0.236 e. The Hall–Kier alpha value is -1.08. The first kappa shape index (κ1) is 15.8. The molecule has 7 heteroatoms. The summed E-state index contributed by atoms with van der Waals surface area (Å²) in [4.78, 5) is 14.1. The molecule has 0 N–H and O–H groups in total. The van der Waals surface area contributed by atoms with Crippen molar-refractivity contribution in [2.45, 2.75) is 24.5 Å². The molecule has 0 unspecified atom stereocenters. The molecule has 0 bridgehead atoms. The molecule has 1 saturated heterocycles. The number of carbonyl (C=O) groups is 1. The fraction of sp³-hybridized carbons (Fsp3) is 0.533. The van der Waals surface area contributed by atoms with Crippen molar-refractivity contribution in [2.75, 3.05) is 28.7 Å². The Bertz CT molecular complexity index is 690. The van der Waals surface area contributed by atoms with Gasteiger partial charge < -0.3 is 4.90 Å². The van der Waals surface area contributed by atoms with Gasteiger partial charge in [-0.2, -0.15) is 0 Å². The molecule has 2 heterocycles. The maximum Gasteiger partial charge on any atom is 0.236 e. The molecule has 2 aliphatic rings. The number of sulfone groups is 1. The van der Waals surface area contributed by atoms with Crippen LogP contribution in [0.5, 0.6) is 0 Å². The van der Waals surface area contributed by atoms with Gasteiger partial charge >= 0.3 is 0 Å². The van der Waals surface area contributed by atoms with Gasteiger partial charge in [-0.3, -0.25) is 4.79 Å². The lowest BCUT2D eigenvalue weighted by molar-refractivity contribution is -0.116. The van der Waals surface area contributed by atoms with E-state index in [1.807, 2.05) is 0 Å². The fourth-order valence-corrected chi connectivity index (χ4v) is 6.48. The molecule has 0 saturated carbocycles. The molecule has 1 fully saturated rings. The second-order valence-electron chi connectivity index (χ2n) is 5.76. The molecule has 22 heavy (non-hydrogen) atoms. The van der Waals surface area contributed by atoms with Crippen molar-refractivity contribution < 1.29 is 17.6 Å². The number of thioether (sulfide) groups is 1. The molecular formula is C15H18FNO3S2. The molecule has 4 nitrogen and oxygen atoms in total. The molecule has 3 rings (SSSR count). The second-order valence-corrected chi connectivity index (χ2v) is 9.28. The lowest BCUT2D eigenvalue weighted by Gasteiger charge is -2.29. The Morgan fingerprint density at radius 1 is 1.41 bits per heavy atom. The zero-order valence-corrected chi connectivity index (χ0v) is 13.8. The number of halogens is 1. The van der Waals surface area contributed by atoms with E-state index in [9.17, 15) is 17.6 Å². The van der Waals surface area contributed by atoms with Crippen LogP contribution in [0.3, 0.4) is 0 Å². The minimum Gasteiger partial charge on any atom is -0.311 e. The van der Waals surface area contributed by atoms with Crippen molar-refractivity contribution >= 4 is 33.2 Å². The zero-order valence-electron chi connectivity index (χ0n) is 12.1. The first-order valence-electron chi connectivity index (χ1n) is 7.35. The number of carbonyl (C=O) groups excluding carboxylic acids is 1. The predicted octanol–water partition coefficient (Wildman–Crippen LogP) is 2.03. The van der Waals surface area contributed by atoms with Gasteiger partial charge in [0.25, 0.3) is 0 Å². The summed E-state index contributed by atoms with van der Waals surface area (Å²) < 4.78 is 36.3. The molecule has 1 amide bonds. The summed E-state index contributed by atoms with van der Waals surface area (Å²) in [6.45, 7) is 0.596. The highest BCUT2D eigenvalue weighted by atomic mass is 32.2. The molecule has 1 atom stereocenters. The van der Waals surface area contributed by atoms with E-state index in [-0.39, 0.29) is 34.2 Å². The van der Waals surface area contributed by atoms with Crippen molar-refractivity contribution in [2.24, 2.45) is 0 Å². The van der Waals surface area contributed by atoms with E-state index in [2.05, 4.69) is 0 Å². The Balaban J connectivity index is 1.65. The zero-order chi connectivity index (χ0) is 15.7. The fourth-order valence-electron chi connectivity index (χ4n) is 2.97. The van der Waals surface area contributed by atoms with E-state index in [4.69, 9.17) is 0 Å². The number of nitrogens with zero attached hydrogens (tertiary/aromatic N) is 1. The second kappa shape index (κ2) is 6.20. The van der Waals surface area contributed by atoms with Crippen molar-refractivity contribution in [3.8, 4) is 0 Å². The minimum absolute atomic E-state index is 0.00530. The molecule has 0 spiro atoms. The lowest BCUT2D eigenvalue weighted by atomic mass is 10.0. The summed E-state index contributed by atoms with van der Waals surface area (Å²) in [5.41, 5.74) is 1.66. The number of amides is 1. The Morgan fingerprint density at radius 3 is 2.95 bits per heavy atom. The highest BCUT2D eigenvalue weighted by Crippen LogP contribution is 2.30. The van der Waals surface area contributed by atoms with Gasteiger partial charge in [-0.15, -0.1) is 11.8 Å². The van der Waals surface area contributed by atoms with E-state index in [0.29, 0.717) is 18.7 Å². The molecule has 0 radical (unpaired) electrons. The van der Waals surface area contributed by atoms with Crippen LogP contribution in [0.2, 0.25) is 0 Å². The number of benzene rings is 1. The molecule has 1 aromatic carbocycles. The maximum absolute atomic E-state index is 13.4. The Morgan fingerprint density at radius 2 is 2.23 bits per heavy atom. The normalized spacial score (nSPS) is 23.3. The van der Waals surface area contributed by atoms with Crippen LogP contribution in [0.15, 0.2) is 18.2 Å². The van der Waals surface area contributed by atoms with Gasteiger partial charge in [0.1, 0.15) is 5.82 Å². The van der Waals surface area contributed by atoms with E-state index in [1.54, 1.807) is 11.0 Å². The van der Waals surface area contributed by atoms with Crippen LogP contribution in [0, 0.1) is 5.82 Å². The molecule has 0 aromatic heterocycles. The summed E-state index contributed by atoms with van der Waals surface area (Å²) in [5, 5.41) is 0.00530. The number of hydrogen-bond acceptors (Lipinski definition) is 4. The van der Waals surface area contributed by atoms with E-state index in [0.717, 1.165) is 18.4 Å². The van der Waals surface area contributed by atoms with Crippen LogP contribution in [-0.4, -0.2) is 43.4 Å². The monoisotopic (exact) mass is 343 g/mol. The van der Waals surface area contributed by atoms with E-state index in [1.165, 1.54) is 23.9 Å². The van der Waals surface area contributed by atoms with Crippen molar-refractivity contribution in [1.82, 2.24) is 0 Å². The van der Waals surface area contributed by atoms with Gasteiger partial charge in [0.05, 0.1) is 17.3 Å². The van der Waals surface area contributed by atoms with Gasteiger partial charge in [-0.1, -0.05) is 6.07 Å². The Labute approximate surface area is 134 Å². The summed E-state index contributed by atoms with van der Waals surface area (Å²) in [6.07, 6.45) is 2.34. The summed E-state index contributed by atoms with van der Waals surface area (Å²) in [7, 11) is -2.92. The Kier molecular flexibility index (Phi) is 4.45.